The minimum Gasteiger partial charge on any atom is -0.496 e. The molecule has 0 spiro atoms. The van der Waals surface area contributed by atoms with Gasteiger partial charge >= 0.3 is 0 Å². The molecule has 1 aromatic carbocycles. The maximum absolute atomic E-state index is 9.32. The van der Waals surface area contributed by atoms with Gasteiger partial charge in [0.1, 0.15) is 5.75 Å². The third kappa shape index (κ3) is 4.03. The van der Waals surface area contributed by atoms with Crippen molar-refractivity contribution in [1.29, 1.82) is 0 Å². The highest BCUT2D eigenvalue weighted by atomic mass is 35.5. The van der Waals surface area contributed by atoms with Crippen LogP contribution in [0.2, 0.25) is 5.02 Å². The number of halogens is 1. The summed E-state index contributed by atoms with van der Waals surface area (Å²) in [6.45, 7) is 3.93. The van der Waals surface area contributed by atoms with Crippen molar-refractivity contribution >= 4 is 11.6 Å². The van der Waals surface area contributed by atoms with Crippen molar-refractivity contribution in [3.8, 4) is 5.75 Å². The first-order valence-corrected chi connectivity index (χ1v) is 5.91. The highest BCUT2D eigenvalue weighted by molar-refractivity contribution is 6.30. The lowest BCUT2D eigenvalue weighted by Gasteiger charge is -2.15. The van der Waals surface area contributed by atoms with Crippen LogP contribution in [0.25, 0.3) is 0 Å². The molecule has 2 unspecified atom stereocenters. The van der Waals surface area contributed by atoms with Gasteiger partial charge in [-0.05, 0) is 49.4 Å². The lowest BCUT2D eigenvalue weighted by molar-refractivity contribution is 0.164. The monoisotopic (exact) mass is 242 g/mol. The first-order chi connectivity index (χ1) is 7.52. The second kappa shape index (κ2) is 6.12. The molecule has 90 valence electrons. The van der Waals surface area contributed by atoms with Gasteiger partial charge in [0.25, 0.3) is 0 Å². The summed E-state index contributed by atoms with van der Waals surface area (Å²) >= 11 is 5.96. The van der Waals surface area contributed by atoms with Crippen molar-refractivity contribution in [2.24, 2.45) is 5.92 Å². The van der Waals surface area contributed by atoms with Gasteiger partial charge in [-0.2, -0.15) is 0 Å². The van der Waals surface area contributed by atoms with Crippen molar-refractivity contribution < 1.29 is 9.84 Å². The van der Waals surface area contributed by atoms with Crippen LogP contribution in [0.3, 0.4) is 0 Å². The Bertz CT molecular complexity index is 337. The summed E-state index contributed by atoms with van der Waals surface area (Å²) in [6.07, 6.45) is 1.39. The molecule has 0 heterocycles. The van der Waals surface area contributed by atoms with Gasteiger partial charge in [-0.3, -0.25) is 0 Å². The van der Waals surface area contributed by atoms with E-state index < -0.39 is 0 Å². The Morgan fingerprint density at radius 3 is 2.62 bits per heavy atom. The number of hydrogen-bond donors (Lipinski definition) is 1. The molecule has 0 fully saturated rings. The average molecular weight is 243 g/mol. The molecule has 0 bridgehead atoms. The smallest absolute Gasteiger partial charge is 0.122 e. The van der Waals surface area contributed by atoms with Crippen LogP contribution in [0.15, 0.2) is 18.2 Å². The molecule has 0 saturated heterocycles. The van der Waals surface area contributed by atoms with Crippen LogP contribution in [0.4, 0.5) is 0 Å². The number of aliphatic hydroxyl groups excluding tert-OH is 1. The fourth-order valence-electron chi connectivity index (χ4n) is 1.95. The minimum atomic E-state index is -0.264. The molecule has 0 aliphatic carbocycles. The van der Waals surface area contributed by atoms with Gasteiger partial charge in [0.15, 0.2) is 0 Å². The summed E-state index contributed by atoms with van der Waals surface area (Å²) in [6, 6.07) is 5.63. The summed E-state index contributed by atoms with van der Waals surface area (Å²) in [7, 11) is 1.66. The van der Waals surface area contributed by atoms with Gasteiger partial charge in [0.05, 0.1) is 13.2 Å². The number of methoxy groups -OCH3 is 1. The molecule has 2 atom stereocenters. The molecule has 1 aromatic rings. The van der Waals surface area contributed by atoms with E-state index in [9.17, 15) is 5.11 Å². The summed E-state index contributed by atoms with van der Waals surface area (Å²) in [5, 5.41) is 10.0. The van der Waals surface area contributed by atoms with E-state index in [1.54, 1.807) is 7.11 Å². The topological polar surface area (TPSA) is 29.5 Å². The molecule has 0 aliphatic heterocycles. The van der Waals surface area contributed by atoms with E-state index in [4.69, 9.17) is 16.3 Å². The van der Waals surface area contributed by atoms with E-state index in [0.717, 1.165) is 29.2 Å². The van der Waals surface area contributed by atoms with E-state index in [0.29, 0.717) is 5.92 Å². The van der Waals surface area contributed by atoms with E-state index in [-0.39, 0.29) is 6.10 Å². The van der Waals surface area contributed by atoms with Crippen molar-refractivity contribution in [2.75, 3.05) is 7.11 Å². The van der Waals surface area contributed by atoms with Crippen LogP contribution in [0, 0.1) is 5.92 Å². The number of ether oxygens (including phenoxy) is 1. The summed E-state index contributed by atoms with van der Waals surface area (Å²) < 4.78 is 5.29. The molecule has 2 nitrogen and oxygen atoms in total. The zero-order valence-electron chi connectivity index (χ0n) is 10.0. The number of aliphatic hydroxyl groups is 1. The predicted molar refractivity (Wildman–Crippen MR) is 67.2 cm³/mol. The van der Waals surface area contributed by atoms with E-state index in [2.05, 4.69) is 6.92 Å². The average Bonchev–Trinajstić information content (AvgIpc) is 2.16. The Labute approximate surface area is 102 Å². The Morgan fingerprint density at radius 1 is 1.38 bits per heavy atom. The van der Waals surface area contributed by atoms with Crippen molar-refractivity contribution in [3.63, 3.8) is 0 Å². The highest BCUT2D eigenvalue weighted by Gasteiger charge is 2.11. The number of hydrogen-bond acceptors (Lipinski definition) is 2. The number of rotatable bonds is 5. The second-order valence-electron chi connectivity index (χ2n) is 4.35. The molecule has 16 heavy (non-hydrogen) atoms. The van der Waals surface area contributed by atoms with Crippen molar-refractivity contribution in [3.05, 3.63) is 28.8 Å². The van der Waals surface area contributed by atoms with E-state index in [1.807, 2.05) is 25.1 Å². The molecule has 1 N–H and O–H groups in total. The first kappa shape index (κ1) is 13.3. The molecule has 0 radical (unpaired) electrons. The predicted octanol–water partition coefficient (Wildman–Crippen LogP) is 3.30. The number of benzene rings is 1. The standard InChI is InChI=1S/C13H19ClO2/c1-9(6-10(2)15)7-11-8-12(14)4-5-13(11)16-3/h4-5,8-10,15H,6-7H2,1-3H3. The maximum atomic E-state index is 9.32. The highest BCUT2D eigenvalue weighted by Crippen LogP contribution is 2.26. The zero-order chi connectivity index (χ0) is 12.1. The normalized spacial score (nSPS) is 14.6. The molecular formula is C13H19ClO2. The fourth-order valence-corrected chi connectivity index (χ4v) is 2.14. The van der Waals surface area contributed by atoms with Crippen LogP contribution in [-0.2, 0) is 6.42 Å². The van der Waals surface area contributed by atoms with Crippen LogP contribution in [-0.4, -0.2) is 18.3 Å². The summed E-state index contributed by atoms with van der Waals surface area (Å²) in [4.78, 5) is 0. The van der Waals surface area contributed by atoms with Crippen LogP contribution in [0.5, 0.6) is 5.75 Å². The van der Waals surface area contributed by atoms with Crippen molar-refractivity contribution in [1.82, 2.24) is 0 Å². The molecule has 0 amide bonds. The third-order valence-electron chi connectivity index (χ3n) is 2.55. The second-order valence-corrected chi connectivity index (χ2v) is 4.79. The largest absolute Gasteiger partial charge is 0.496 e. The lowest BCUT2D eigenvalue weighted by Crippen LogP contribution is -2.10. The quantitative estimate of drug-likeness (QED) is 0.859. The Morgan fingerprint density at radius 2 is 2.06 bits per heavy atom. The molecule has 1 rings (SSSR count). The Hall–Kier alpha value is -0.730. The maximum Gasteiger partial charge on any atom is 0.122 e. The zero-order valence-corrected chi connectivity index (χ0v) is 10.8. The van der Waals surface area contributed by atoms with Crippen molar-refractivity contribution in [2.45, 2.75) is 32.8 Å². The molecule has 0 aliphatic rings. The van der Waals surface area contributed by atoms with Gasteiger partial charge in [0, 0.05) is 5.02 Å². The fraction of sp³-hybridized carbons (Fsp3) is 0.538. The molecule has 3 heteroatoms. The SMILES string of the molecule is COc1ccc(Cl)cc1CC(C)CC(C)O. The summed E-state index contributed by atoms with van der Waals surface area (Å²) in [5.74, 6) is 1.27. The molecule has 0 aromatic heterocycles. The van der Waals surface area contributed by atoms with Crippen LogP contribution < -0.4 is 4.74 Å². The van der Waals surface area contributed by atoms with Gasteiger partial charge in [-0.25, -0.2) is 0 Å². The Balaban J connectivity index is 2.74. The van der Waals surface area contributed by atoms with Crippen LogP contribution in [0.1, 0.15) is 25.8 Å². The lowest BCUT2D eigenvalue weighted by atomic mass is 9.95. The van der Waals surface area contributed by atoms with E-state index in [1.165, 1.54) is 0 Å². The van der Waals surface area contributed by atoms with Gasteiger partial charge < -0.3 is 9.84 Å². The van der Waals surface area contributed by atoms with Crippen LogP contribution >= 0.6 is 11.6 Å². The molecular weight excluding hydrogens is 224 g/mol. The minimum absolute atomic E-state index is 0.264. The Kier molecular flexibility index (Phi) is 5.10. The van der Waals surface area contributed by atoms with Gasteiger partial charge in [0.2, 0.25) is 0 Å². The van der Waals surface area contributed by atoms with Gasteiger partial charge in [-0.1, -0.05) is 18.5 Å². The first-order valence-electron chi connectivity index (χ1n) is 5.53. The van der Waals surface area contributed by atoms with E-state index >= 15 is 0 Å². The summed E-state index contributed by atoms with van der Waals surface area (Å²) in [5.41, 5.74) is 1.10. The third-order valence-corrected chi connectivity index (χ3v) is 2.79. The molecule has 0 saturated carbocycles. The van der Waals surface area contributed by atoms with Gasteiger partial charge in [-0.15, -0.1) is 0 Å².